The van der Waals surface area contributed by atoms with Crippen LogP contribution in [0.4, 0.5) is 0 Å². The molecule has 0 saturated carbocycles. The predicted molar refractivity (Wildman–Crippen MR) is 59.2 cm³/mol. The highest BCUT2D eigenvalue weighted by atomic mass is 16.5. The molecule has 0 aromatic carbocycles. The van der Waals surface area contributed by atoms with E-state index in [0.717, 1.165) is 6.42 Å². The fourth-order valence-corrected chi connectivity index (χ4v) is 1.26. The molecule has 1 atom stereocenters. The number of nitrogens with zero attached hydrogens (tertiary/aromatic N) is 1. The maximum atomic E-state index is 11.8. The zero-order chi connectivity index (χ0) is 11.3. The highest BCUT2D eigenvalue weighted by Crippen LogP contribution is 2.15. The van der Waals surface area contributed by atoms with Crippen LogP contribution in [0.1, 0.15) is 37.0 Å². The van der Waals surface area contributed by atoms with Crippen LogP contribution in [0.25, 0.3) is 0 Å². The summed E-state index contributed by atoms with van der Waals surface area (Å²) in [5, 5.41) is 0. The lowest BCUT2D eigenvalue weighted by Crippen LogP contribution is -2.05. The van der Waals surface area contributed by atoms with Crippen molar-refractivity contribution in [3.8, 4) is 5.75 Å². The van der Waals surface area contributed by atoms with Crippen molar-refractivity contribution >= 4 is 5.78 Å². The van der Waals surface area contributed by atoms with Crippen LogP contribution in [-0.4, -0.2) is 17.9 Å². The zero-order valence-electron chi connectivity index (χ0n) is 9.49. The number of ether oxygens (including phenoxy) is 1. The highest BCUT2D eigenvalue weighted by Gasteiger charge is 2.10. The van der Waals surface area contributed by atoms with E-state index in [9.17, 15) is 4.79 Å². The second-order valence-corrected chi connectivity index (χ2v) is 3.75. The average molecular weight is 207 g/mol. The van der Waals surface area contributed by atoms with Crippen LogP contribution in [0.3, 0.4) is 0 Å². The number of hydrogen-bond donors (Lipinski definition) is 0. The SMILES string of the molecule is CCC(C)CC(=O)c1cncc(OC)c1. The summed E-state index contributed by atoms with van der Waals surface area (Å²) in [6.07, 6.45) is 4.78. The highest BCUT2D eigenvalue weighted by molar-refractivity contribution is 5.96. The van der Waals surface area contributed by atoms with Crippen molar-refractivity contribution in [3.05, 3.63) is 24.0 Å². The van der Waals surface area contributed by atoms with E-state index in [1.165, 1.54) is 0 Å². The number of rotatable bonds is 5. The largest absolute Gasteiger partial charge is 0.495 e. The van der Waals surface area contributed by atoms with Gasteiger partial charge in [0.05, 0.1) is 13.3 Å². The number of pyridine rings is 1. The molecule has 15 heavy (non-hydrogen) atoms. The maximum Gasteiger partial charge on any atom is 0.164 e. The standard InChI is InChI=1S/C12H17NO2/c1-4-9(2)5-12(14)10-6-11(15-3)8-13-7-10/h6-9H,4-5H2,1-3H3. The van der Waals surface area contributed by atoms with Gasteiger partial charge in [-0.15, -0.1) is 0 Å². The number of hydrogen-bond acceptors (Lipinski definition) is 3. The fourth-order valence-electron chi connectivity index (χ4n) is 1.26. The Morgan fingerprint density at radius 2 is 2.27 bits per heavy atom. The average Bonchev–Trinajstić information content (AvgIpc) is 2.28. The van der Waals surface area contributed by atoms with Gasteiger partial charge in [0.25, 0.3) is 0 Å². The summed E-state index contributed by atoms with van der Waals surface area (Å²) in [6.45, 7) is 4.16. The number of carbonyl (C=O) groups excluding carboxylic acids is 1. The van der Waals surface area contributed by atoms with Crippen LogP contribution < -0.4 is 4.74 Å². The molecule has 0 N–H and O–H groups in total. The van der Waals surface area contributed by atoms with Gasteiger partial charge in [-0.1, -0.05) is 20.3 Å². The van der Waals surface area contributed by atoms with Gasteiger partial charge in [0.1, 0.15) is 5.75 Å². The van der Waals surface area contributed by atoms with Crippen LogP contribution in [0, 0.1) is 5.92 Å². The number of ketones is 1. The first-order chi connectivity index (χ1) is 7.17. The Kier molecular flexibility index (Phi) is 4.28. The molecule has 1 unspecified atom stereocenters. The molecular formula is C12H17NO2. The van der Waals surface area contributed by atoms with Gasteiger partial charge >= 0.3 is 0 Å². The molecule has 0 aliphatic carbocycles. The number of aromatic nitrogens is 1. The van der Waals surface area contributed by atoms with Gasteiger partial charge in [0, 0.05) is 18.2 Å². The van der Waals surface area contributed by atoms with Gasteiger partial charge in [0.15, 0.2) is 5.78 Å². The Balaban J connectivity index is 2.73. The second kappa shape index (κ2) is 5.49. The number of Topliss-reactive ketones (excluding diaryl/α,β-unsaturated/α-hetero) is 1. The van der Waals surface area contributed by atoms with Crippen molar-refractivity contribution in [2.75, 3.05) is 7.11 Å². The summed E-state index contributed by atoms with van der Waals surface area (Å²) >= 11 is 0. The van der Waals surface area contributed by atoms with E-state index in [1.807, 2.05) is 0 Å². The summed E-state index contributed by atoms with van der Waals surface area (Å²) in [4.78, 5) is 15.8. The molecule has 1 aromatic heterocycles. The maximum absolute atomic E-state index is 11.8. The molecule has 0 fully saturated rings. The van der Waals surface area contributed by atoms with Crippen LogP contribution in [0.15, 0.2) is 18.5 Å². The van der Waals surface area contributed by atoms with E-state index < -0.39 is 0 Å². The molecule has 0 radical (unpaired) electrons. The molecule has 1 aromatic rings. The smallest absolute Gasteiger partial charge is 0.164 e. The molecule has 0 saturated heterocycles. The minimum absolute atomic E-state index is 0.135. The molecule has 82 valence electrons. The van der Waals surface area contributed by atoms with Crippen LogP contribution in [-0.2, 0) is 0 Å². The molecular weight excluding hydrogens is 190 g/mol. The van der Waals surface area contributed by atoms with E-state index in [0.29, 0.717) is 23.7 Å². The first-order valence-electron chi connectivity index (χ1n) is 5.19. The van der Waals surface area contributed by atoms with Gasteiger partial charge in [-0.05, 0) is 12.0 Å². The van der Waals surface area contributed by atoms with Crippen molar-refractivity contribution in [1.29, 1.82) is 0 Å². The Labute approximate surface area is 90.5 Å². The molecule has 0 bridgehead atoms. The van der Waals surface area contributed by atoms with Crippen molar-refractivity contribution in [1.82, 2.24) is 4.98 Å². The lowest BCUT2D eigenvalue weighted by atomic mass is 9.99. The van der Waals surface area contributed by atoms with Gasteiger partial charge in [0.2, 0.25) is 0 Å². The lowest BCUT2D eigenvalue weighted by molar-refractivity contribution is 0.0963. The molecule has 0 spiro atoms. The monoisotopic (exact) mass is 207 g/mol. The quantitative estimate of drug-likeness (QED) is 0.697. The van der Waals surface area contributed by atoms with Crippen molar-refractivity contribution < 1.29 is 9.53 Å². The molecule has 0 aliphatic heterocycles. The summed E-state index contributed by atoms with van der Waals surface area (Å²) in [5.41, 5.74) is 0.634. The Hall–Kier alpha value is -1.38. The third-order valence-corrected chi connectivity index (χ3v) is 2.50. The first-order valence-corrected chi connectivity index (χ1v) is 5.19. The van der Waals surface area contributed by atoms with E-state index in [4.69, 9.17) is 4.74 Å². The van der Waals surface area contributed by atoms with Crippen molar-refractivity contribution in [2.45, 2.75) is 26.7 Å². The van der Waals surface area contributed by atoms with Gasteiger partial charge in [-0.2, -0.15) is 0 Å². The minimum Gasteiger partial charge on any atom is -0.495 e. The number of methoxy groups -OCH3 is 1. The molecule has 1 rings (SSSR count). The second-order valence-electron chi connectivity index (χ2n) is 3.75. The normalized spacial score (nSPS) is 12.2. The fraction of sp³-hybridized carbons (Fsp3) is 0.500. The van der Waals surface area contributed by atoms with Gasteiger partial charge < -0.3 is 4.74 Å². The first kappa shape index (κ1) is 11.7. The third kappa shape index (κ3) is 3.35. The minimum atomic E-state index is 0.135. The Morgan fingerprint density at radius 3 is 2.87 bits per heavy atom. The zero-order valence-corrected chi connectivity index (χ0v) is 9.49. The summed E-state index contributed by atoms with van der Waals surface area (Å²) < 4.78 is 5.02. The third-order valence-electron chi connectivity index (χ3n) is 2.50. The van der Waals surface area contributed by atoms with Crippen LogP contribution >= 0.6 is 0 Å². The topological polar surface area (TPSA) is 39.2 Å². The Morgan fingerprint density at radius 1 is 1.53 bits per heavy atom. The lowest BCUT2D eigenvalue weighted by Gasteiger charge is -2.07. The molecule has 0 aliphatic rings. The Bertz CT molecular complexity index is 336. The summed E-state index contributed by atoms with van der Waals surface area (Å²) in [5.74, 6) is 1.18. The summed E-state index contributed by atoms with van der Waals surface area (Å²) in [6, 6.07) is 1.73. The molecule has 1 heterocycles. The van der Waals surface area contributed by atoms with Gasteiger partial charge in [-0.3, -0.25) is 9.78 Å². The van der Waals surface area contributed by atoms with Crippen LogP contribution in [0.5, 0.6) is 5.75 Å². The van der Waals surface area contributed by atoms with Crippen LogP contribution in [0.2, 0.25) is 0 Å². The number of carbonyl (C=O) groups is 1. The molecule has 3 nitrogen and oxygen atoms in total. The predicted octanol–water partition coefficient (Wildman–Crippen LogP) is 2.71. The van der Waals surface area contributed by atoms with E-state index in [-0.39, 0.29) is 5.78 Å². The van der Waals surface area contributed by atoms with Gasteiger partial charge in [-0.25, -0.2) is 0 Å². The van der Waals surface area contributed by atoms with E-state index >= 15 is 0 Å². The van der Waals surface area contributed by atoms with Crippen molar-refractivity contribution in [2.24, 2.45) is 5.92 Å². The van der Waals surface area contributed by atoms with E-state index in [1.54, 1.807) is 25.6 Å². The molecule has 3 heteroatoms. The van der Waals surface area contributed by atoms with Crippen molar-refractivity contribution in [3.63, 3.8) is 0 Å². The van der Waals surface area contributed by atoms with E-state index in [2.05, 4.69) is 18.8 Å². The molecule has 0 amide bonds. The summed E-state index contributed by atoms with van der Waals surface area (Å²) in [7, 11) is 1.57.